The lowest BCUT2D eigenvalue weighted by molar-refractivity contribution is -0.207. The van der Waals surface area contributed by atoms with Crippen LogP contribution >= 0.6 is 11.3 Å². The van der Waals surface area contributed by atoms with Crippen LogP contribution in [-0.2, 0) is 23.9 Å². The van der Waals surface area contributed by atoms with Crippen LogP contribution in [0.3, 0.4) is 0 Å². The molecule has 0 radical (unpaired) electrons. The smallest absolute Gasteiger partial charge is 0.490 e. The summed E-state index contributed by atoms with van der Waals surface area (Å²) in [6, 6.07) is 8.29. The fraction of sp³-hybridized carbons (Fsp3) is 0.433. The summed E-state index contributed by atoms with van der Waals surface area (Å²) in [6.45, 7) is 3.78. The molecule has 10 nitrogen and oxygen atoms in total. The van der Waals surface area contributed by atoms with E-state index < -0.39 is 30.1 Å². The predicted octanol–water partition coefficient (Wildman–Crippen LogP) is 4.62. The summed E-state index contributed by atoms with van der Waals surface area (Å²) in [7, 11) is 0. The third kappa shape index (κ3) is 7.18. The van der Waals surface area contributed by atoms with Crippen molar-refractivity contribution in [2.45, 2.75) is 44.4 Å². The molecule has 0 bridgehead atoms. The number of phenols is 1. The average molecular weight is 633 g/mol. The molecule has 2 saturated heterocycles. The van der Waals surface area contributed by atoms with E-state index in [2.05, 4.69) is 4.90 Å². The number of likely N-dealkylation sites (tertiary alicyclic amines) is 1. The third-order valence-corrected chi connectivity index (χ3v) is 8.74. The number of thiophene rings is 1. The highest BCUT2D eigenvalue weighted by atomic mass is 32.1. The first-order chi connectivity index (χ1) is 21.0. The summed E-state index contributed by atoms with van der Waals surface area (Å²) >= 11 is 1.31. The van der Waals surface area contributed by atoms with Crippen molar-refractivity contribution in [2.75, 3.05) is 44.3 Å². The molecule has 5 rings (SSSR count). The number of morpholine rings is 1. The van der Waals surface area contributed by atoms with Crippen molar-refractivity contribution in [3.63, 3.8) is 0 Å². The second-order valence-corrected chi connectivity index (χ2v) is 11.6. The number of nitrogens with zero attached hydrogens (tertiary/aromatic N) is 4. The Morgan fingerprint density at radius 2 is 1.91 bits per heavy atom. The number of aromatic nitrogens is 2. The number of piperidine rings is 1. The minimum Gasteiger partial charge on any atom is -0.508 e. The van der Waals surface area contributed by atoms with Crippen molar-refractivity contribution in [1.29, 1.82) is 0 Å². The monoisotopic (exact) mass is 632 g/mol. The van der Waals surface area contributed by atoms with Gasteiger partial charge < -0.3 is 24.4 Å². The lowest BCUT2D eigenvalue weighted by Crippen LogP contribution is -2.48. The molecule has 2 atom stereocenters. The number of benzene rings is 1. The maximum Gasteiger partial charge on any atom is 0.490 e. The van der Waals surface area contributed by atoms with Crippen molar-refractivity contribution in [1.82, 2.24) is 14.9 Å². The zero-order chi connectivity index (χ0) is 31.4. The Morgan fingerprint density at radius 3 is 2.61 bits per heavy atom. The fourth-order valence-electron chi connectivity index (χ4n) is 5.33. The van der Waals surface area contributed by atoms with Gasteiger partial charge in [-0.3, -0.25) is 9.59 Å². The molecule has 44 heavy (non-hydrogen) atoms. The van der Waals surface area contributed by atoms with Gasteiger partial charge in [0.05, 0.1) is 30.0 Å². The van der Waals surface area contributed by atoms with Gasteiger partial charge in [-0.15, -0.1) is 11.3 Å². The number of rotatable bonds is 8. The second kappa shape index (κ2) is 13.3. The quantitative estimate of drug-likeness (QED) is 0.280. The number of hydrogen-bond donors (Lipinski definition) is 1. The van der Waals surface area contributed by atoms with E-state index in [9.17, 15) is 32.7 Å². The third-order valence-electron chi connectivity index (χ3n) is 7.49. The molecular weight excluding hydrogens is 601 g/mol. The molecule has 4 heterocycles. The van der Waals surface area contributed by atoms with Crippen molar-refractivity contribution in [2.24, 2.45) is 0 Å². The number of aromatic hydroxyl groups is 1. The van der Waals surface area contributed by atoms with Crippen molar-refractivity contribution in [3.8, 4) is 17.1 Å². The van der Waals surface area contributed by atoms with E-state index in [1.54, 1.807) is 37.3 Å². The Bertz CT molecular complexity index is 1570. The van der Waals surface area contributed by atoms with E-state index in [4.69, 9.17) is 19.4 Å². The van der Waals surface area contributed by atoms with Gasteiger partial charge >= 0.3 is 12.1 Å². The standard InChI is InChI=1S/C30H31F3N4O6S/c1-2-4-19(38)7-8-25(40)37-10-9-21(23(17-37)43-29(41)30(31,32)33)24-16-22-26(44-24)28(36-11-13-42-14-12-36)35-27(34-22)18-5-3-6-20(39)15-18/h2-6,15-16,21,23,39H,7-14,17H2,1H3/b4-2+. The maximum atomic E-state index is 13.3. The Balaban J connectivity index is 1.49. The van der Waals surface area contributed by atoms with Crippen LogP contribution < -0.4 is 4.90 Å². The number of esters is 1. The molecule has 0 spiro atoms. The van der Waals surface area contributed by atoms with E-state index in [0.29, 0.717) is 58.6 Å². The molecule has 234 valence electrons. The van der Waals surface area contributed by atoms with Gasteiger partial charge in [-0.25, -0.2) is 14.8 Å². The summed E-state index contributed by atoms with van der Waals surface area (Å²) in [5.74, 6) is -2.55. The molecule has 14 heteroatoms. The SMILES string of the molecule is C/C=C/C(=O)CCC(=O)N1CCC(c2cc3nc(-c4cccc(O)c4)nc(N4CCOCC4)c3s2)C(OC(=O)C(F)(F)F)C1. The zero-order valence-corrected chi connectivity index (χ0v) is 24.7. The minimum atomic E-state index is -5.21. The normalized spacial score (nSPS) is 19.5. The second-order valence-electron chi connectivity index (χ2n) is 10.5. The first-order valence-corrected chi connectivity index (χ1v) is 15.0. The molecule has 2 aliphatic rings. The predicted molar refractivity (Wildman–Crippen MR) is 156 cm³/mol. The Kier molecular flexibility index (Phi) is 9.49. The first-order valence-electron chi connectivity index (χ1n) is 14.2. The summed E-state index contributed by atoms with van der Waals surface area (Å²) in [4.78, 5) is 50.3. The highest BCUT2D eigenvalue weighted by molar-refractivity contribution is 7.19. The van der Waals surface area contributed by atoms with Gasteiger partial charge in [-0.2, -0.15) is 13.2 Å². The topological polar surface area (TPSA) is 122 Å². The lowest BCUT2D eigenvalue weighted by atomic mass is 9.91. The highest BCUT2D eigenvalue weighted by Gasteiger charge is 2.45. The summed E-state index contributed by atoms with van der Waals surface area (Å²) in [6.07, 6.45) is -3.46. The molecule has 0 saturated carbocycles. The highest BCUT2D eigenvalue weighted by Crippen LogP contribution is 2.42. The van der Waals surface area contributed by atoms with Crippen LogP contribution in [0.1, 0.15) is 37.0 Å². The largest absolute Gasteiger partial charge is 0.508 e. The number of phenolic OH excluding ortho intramolecular Hbond substituents is 1. The van der Waals surface area contributed by atoms with Crippen molar-refractivity contribution in [3.05, 3.63) is 47.4 Å². The molecule has 2 unspecified atom stereocenters. The average Bonchev–Trinajstić information content (AvgIpc) is 3.43. The maximum absolute atomic E-state index is 13.3. The number of hydrogen-bond acceptors (Lipinski definition) is 10. The van der Waals surface area contributed by atoms with Gasteiger partial charge in [0.1, 0.15) is 11.9 Å². The molecule has 2 fully saturated rings. The van der Waals surface area contributed by atoms with Crippen LogP contribution in [0.5, 0.6) is 5.75 Å². The number of carbonyl (C=O) groups excluding carboxylic acids is 3. The van der Waals surface area contributed by atoms with Crippen LogP contribution in [0.4, 0.5) is 19.0 Å². The van der Waals surface area contributed by atoms with Gasteiger partial charge in [0.15, 0.2) is 17.4 Å². The number of fused-ring (bicyclic) bond motifs is 1. The number of alkyl halides is 3. The van der Waals surface area contributed by atoms with Gasteiger partial charge in [0, 0.05) is 48.8 Å². The number of amides is 1. The molecule has 0 aliphatic carbocycles. The van der Waals surface area contributed by atoms with Crippen LogP contribution in [0, 0.1) is 0 Å². The number of ketones is 1. The fourth-order valence-corrected chi connectivity index (χ4v) is 6.63. The molecule has 3 aromatic rings. The number of anilines is 1. The number of halogens is 3. The Hall–Kier alpha value is -4.04. The van der Waals surface area contributed by atoms with E-state index in [-0.39, 0.29) is 43.9 Å². The van der Waals surface area contributed by atoms with Crippen LogP contribution in [0.25, 0.3) is 21.6 Å². The van der Waals surface area contributed by atoms with E-state index in [1.165, 1.54) is 28.4 Å². The summed E-state index contributed by atoms with van der Waals surface area (Å²) in [5, 5.41) is 10.0. The van der Waals surface area contributed by atoms with Crippen molar-refractivity contribution < 1.29 is 42.1 Å². The Labute approximate surface area is 255 Å². The van der Waals surface area contributed by atoms with Crippen molar-refractivity contribution >= 4 is 45.0 Å². The zero-order valence-electron chi connectivity index (χ0n) is 23.9. The minimum absolute atomic E-state index is 0.0308. The molecule has 2 aliphatic heterocycles. The molecule has 2 aromatic heterocycles. The van der Waals surface area contributed by atoms with Crippen LogP contribution in [0.15, 0.2) is 42.5 Å². The van der Waals surface area contributed by atoms with Gasteiger partial charge in [0.25, 0.3) is 0 Å². The van der Waals surface area contributed by atoms with E-state index in [0.717, 1.165) is 0 Å². The Morgan fingerprint density at radius 1 is 1.14 bits per heavy atom. The number of ether oxygens (including phenoxy) is 2. The molecular formula is C30H31F3N4O6S. The van der Waals surface area contributed by atoms with Gasteiger partial charge in [-0.05, 0) is 37.6 Å². The van der Waals surface area contributed by atoms with E-state index in [1.807, 2.05) is 0 Å². The first kappa shape index (κ1) is 31.4. The number of carbonyl (C=O) groups is 3. The lowest BCUT2D eigenvalue weighted by Gasteiger charge is -2.37. The van der Waals surface area contributed by atoms with Gasteiger partial charge in [0.2, 0.25) is 5.91 Å². The van der Waals surface area contributed by atoms with Crippen LogP contribution in [0.2, 0.25) is 0 Å². The molecule has 1 amide bonds. The van der Waals surface area contributed by atoms with E-state index >= 15 is 0 Å². The number of allylic oxidation sites excluding steroid dienone is 2. The van der Waals surface area contributed by atoms with Gasteiger partial charge in [-0.1, -0.05) is 18.2 Å². The summed E-state index contributed by atoms with van der Waals surface area (Å²) in [5.41, 5.74) is 1.15. The summed E-state index contributed by atoms with van der Waals surface area (Å²) < 4.78 is 51.1. The molecule has 1 aromatic carbocycles. The van der Waals surface area contributed by atoms with Crippen LogP contribution in [-0.4, -0.2) is 89.3 Å². The molecule has 1 N–H and O–H groups in total.